The summed E-state index contributed by atoms with van der Waals surface area (Å²) in [6.07, 6.45) is 0. The van der Waals surface area contributed by atoms with Crippen LogP contribution in [-0.4, -0.2) is 45.0 Å². The molecular weight excluding hydrogens is 331 g/mol. The largest absolute Gasteiger partial charge is 0.421 e. The third-order valence-corrected chi connectivity index (χ3v) is 39.4. The van der Waals surface area contributed by atoms with Crippen LogP contribution in [0, 0.1) is 0 Å². The fraction of sp³-hybridized carbons (Fsp3) is 0.923. The Morgan fingerprint density at radius 2 is 1.20 bits per heavy atom. The molecule has 0 aromatic heterocycles. The maximum absolute atomic E-state index is 6.21. The van der Waals surface area contributed by atoms with Crippen LogP contribution >= 0.6 is 12.2 Å². The van der Waals surface area contributed by atoms with Gasteiger partial charge in [-0.1, -0.05) is 39.3 Å². The van der Waals surface area contributed by atoms with Crippen LogP contribution in [0.1, 0.15) is 0 Å². The summed E-state index contributed by atoms with van der Waals surface area (Å²) in [4.78, 5) is 0. The molecule has 0 saturated carbocycles. The van der Waals surface area contributed by atoms with Gasteiger partial charge in [-0.15, -0.1) is 0 Å². The van der Waals surface area contributed by atoms with E-state index in [0.717, 1.165) is 0 Å². The van der Waals surface area contributed by atoms with Crippen LogP contribution in [-0.2, 0) is 4.43 Å². The number of nitrogens with zero attached hydrogens (tertiary/aromatic N) is 1. The van der Waals surface area contributed by atoms with E-state index in [2.05, 4.69) is 70.6 Å². The molecule has 0 aromatic rings. The minimum Gasteiger partial charge on any atom is -0.421 e. The minimum absolute atomic E-state index is 0.306. The first-order valence-corrected chi connectivity index (χ1v) is 20.5. The van der Waals surface area contributed by atoms with Gasteiger partial charge in [0.25, 0.3) is 0 Å². The normalized spacial score (nSPS) is 14.9. The van der Waals surface area contributed by atoms with Gasteiger partial charge in [0.15, 0.2) is 16.6 Å². The summed E-state index contributed by atoms with van der Waals surface area (Å²) in [5.74, 6) is 0. The second-order valence-electron chi connectivity index (χ2n) is 8.73. The van der Waals surface area contributed by atoms with Gasteiger partial charge >= 0.3 is 0 Å². The van der Waals surface area contributed by atoms with Gasteiger partial charge in [0.1, 0.15) is 0 Å². The first-order chi connectivity index (χ1) is 8.62. The van der Waals surface area contributed by atoms with Crippen molar-refractivity contribution < 1.29 is 4.43 Å². The van der Waals surface area contributed by atoms with Crippen LogP contribution in [0.25, 0.3) is 0 Å². The Labute approximate surface area is 135 Å². The molecule has 0 atom stereocenters. The quantitative estimate of drug-likeness (QED) is 0.368. The van der Waals surface area contributed by atoms with Crippen molar-refractivity contribution >= 4 is 50.1 Å². The summed E-state index contributed by atoms with van der Waals surface area (Å²) in [6, 6.07) is 0. The SMILES string of the molecule is CO[Si](C)(C)C([Si](C)(C)C)([Si](C)(C)C)[Si](C)(C)N=C=S. The lowest BCUT2D eigenvalue weighted by atomic mass is 11.6. The summed E-state index contributed by atoms with van der Waals surface area (Å²) < 4.78 is 11.3. The van der Waals surface area contributed by atoms with Crippen molar-refractivity contribution in [3.63, 3.8) is 0 Å². The second kappa shape index (κ2) is 6.02. The van der Waals surface area contributed by atoms with E-state index in [-0.39, 0.29) is 0 Å². The average Bonchev–Trinajstić information content (AvgIpc) is 2.11. The first-order valence-electron chi connectivity index (χ1n) is 7.26. The van der Waals surface area contributed by atoms with Crippen LogP contribution in [0.2, 0.25) is 69.4 Å². The summed E-state index contributed by atoms with van der Waals surface area (Å²) in [7, 11) is -4.97. The Morgan fingerprint density at radius 1 is 0.850 bits per heavy atom. The molecule has 0 bridgehead atoms. The van der Waals surface area contributed by atoms with E-state index in [4.69, 9.17) is 21.3 Å². The number of isothiocyanates is 1. The summed E-state index contributed by atoms with van der Waals surface area (Å²) >= 11 is 5.00. The molecule has 0 amide bonds. The average molecular weight is 364 g/mol. The van der Waals surface area contributed by atoms with Crippen molar-refractivity contribution in [1.29, 1.82) is 0 Å². The third kappa shape index (κ3) is 3.04. The van der Waals surface area contributed by atoms with Gasteiger partial charge in [-0.05, 0) is 42.3 Å². The monoisotopic (exact) mass is 363 g/mol. The molecule has 7 heteroatoms. The summed E-state index contributed by atoms with van der Waals surface area (Å²) in [5.41, 5.74) is 0. The Morgan fingerprint density at radius 3 is 1.40 bits per heavy atom. The van der Waals surface area contributed by atoms with Crippen LogP contribution in [0.4, 0.5) is 0 Å². The second-order valence-corrected chi connectivity index (χ2v) is 30.7. The lowest BCUT2D eigenvalue weighted by Gasteiger charge is -2.63. The molecule has 0 aromatic carbocycles. The Kier molecular flexibility index (Phi) is 6.21. The van der Waals surface area contributed by atoms with Crippen LogP contribution in [0.15, 0.2) is 4.66 Å². The summed E-state index contributed by atoms with van der Waals surface area (Å²) in [5, 5.41) is 2.73. The standard InChI is InChI=1S/C13H33NOSSi4/c1-15-20(10,11)13(17(2,3)4,18(5,6)7)19(8,9)14-12-16/h1-11H3. The number of thiocarbonyl (C=S) groups is 1. The zero-order valence-electron chi connectivity index (χ0n) is 15.3. The van der Waals surface area contributed by atoms with E-state index in [0.29, 0.717) is 3.91 Å². The molecule has 0 spiro atoms. The molecule has 0 saturated heterocycles. The van der Waals surface area contributed by atoms with Gasteiger partial charge < -0.3 is 4.43 Å². The molecular formula is C13H33NOSSi4. The molecule has 20 heavy (non-hydrogen) atoms. The van der Waals surface area contributed by atoms with Crippen LogP contribution in [0.3, 0.4) is 0 Å². The van der Waals surface area contributed by atoms with E-state index in [9.17, 15) is 0 Å². The lowest BCUT2D eigenvalue weighted by Crippen LogP contribution is -2.76. The molecule has 0 aliphatic heterocycles. The van der Waals surface area contributed by atoms with Gasteiger partial charge in [-0.2, -0.15) is 0 Å². The van der Waals surface area contributed by atoms with Crippen molar-refractivity contribution in [2.45, 2.75) is 69.4 Å². The van der Waals surface area contributed by atoms with Gasteiger partial charge in [0, 0.05) is 28.4 Å². The van der Waals surface area contributed by atoms with Crippen LogP contribution in [0.5, 0.6) is 0 Å². The Balaban J connectivity index is 6.82. The predicted octanol–water partition coefficient (Wildman–Crippen LogP) is 5.18. The van der Waals surface area contributed by atoms with E-state index in [1.165, 1.54) is 0 Å². The Bertz CT molecular complexity index is 390. The molecule has 0 aliphatic carbocycles. The molecule has 0 fully saturated rings. The first kappa shape index (κ1) is 20.6. The molecule has 118 valence electrons. The highest BCUT2D eigenvalue weighted by Gasteiger charge is 2.70. The highest BCUT2D eigenvalue weighted by atomic mass is 32.1. The van der Waals surface area contributed by atoms with E-state index in [1.54, 1.807) is 0 Å². The van der Waals surface area contributed by atoms with Gasteiger partial charge in [-0.25, -0.2) is 0 Å². The molecule has 0 radical (unpaired) electrons. The van der Waals surface area contributed by atoms with Crippen molar-refractivity contribution in [2.24, 2.45) is 4.66 Å². The zero-order valence-corrected chi connectivity index (χ0v) is 20.1. The molecule has 0 unspecified atom stereocenters. The predicted molar refractivity (Wildman–Crippen MR) is 106 cm³/mol. The van der Waals surface area contributed by atoms with Crippen molar-refractivity contribution in [2.75, 3.05) is 7.11 Å². The molecule has 0 heterocycles. The lowest BCUT2D eigenvalue weighted by molar-refractivity contribution is 0.400. The van der Waals surface area contributed by atoms with Gasteiger partial charge in [0.05, 0.1) is 0 Å². The zero-order chi connectivity index (χ0) is 16.6. The smallest absolute Gasteiger partial charge is 0.189 e. The minimum atomic E-state index is -1.94. The third-order valence-electron chi connectivity index (χ3n) is 4.91. The maximum Gasteiger partial charge on any atom is 0.189 e. The number of hydrogen-bond donors (Lipinski definition) is 0. The summed E-state index contributed by atoms with van der Waals surface area (Å²) in [6.45, 7) is 24.6. The molecule has 0 N–H and O–H groups in total. The van der Waals surface area contributed by atoms with E-state index >= 15 is 0 Å². The maximum atomic E-state index is 6.21. The molecule has 2 nitrogen and oxygen atoms in total. The Hall–Kier alpha value is 0.628. The fourth-order valence-electron chi connectivity index (χ4n) is 5.85. The van der Waals surface area contributed by atoms with Crippen molar-refractivity contribution in [1.82, 2.24) is 0 Å². The highest BCUT2D eigenvalue weighted by molar-refractivity contribution is 7.78. The topological polar surface area (TPSA) is 21.6 Å². The number of rotatable bonds is 6. The molecule has 0 rings (SSSR count). The number of hydrogen-bond acceptors (Lipinski definition) is 3. The van der Waals surface area contributed by atoms with Crippen molar-refractivity contribution in [3.05, 3.63) is 0 Å². The molecule has 0 aliphatic rings. The van der Waals surface area contributed by atoms with Crippen molar-refractivity contribution in [3.8, 4) is 0 Å². The highest BCUT2D eigenvalue weighted by Crippen LogP contribution is 2.59. The van der Waals surface area contributed by atoms with E-state index < -0.39 is 32.7 Å². The van der Waals surface area contributed by atoms with Gasteiger partial charge in [0.2, 0.25) is 0 Å². The van der Waals surface area contributed by atoms with Gasteiger partial charge in [-0.3, -0.25) is 4.66 Å². The van der Waals surface area contributed by atoms with E-state index in [1.807, 2.05) is 7.11 Å². The fourth-order valence-corrected chi connectivity index (χ4v) is 52.7. The van der Waals surface area contributed by atoms with Crippen LogP contribution < -0.4 is 0 Å².